The Morgan fingerprint density at radius 2 is 2.18 bits per heavy atom. The fourth-order valence-electron chi connectivity index (χ4n) is 0.568. The number of hydrogen-bond donors (Lipinski definition) is 2. The van der Waals surface area contributed by atoms with E-state index in [1.165, 1.54) is 0 Å². The Hall–Kier alpha value is -1.85. The van der Waals surface area contributed by atoms with Gasteiger partial charge in [-0.05, 0) is 0 Å². The van der Waals surface area contributed by atoms with E-state index < -0.39 is 17.3 Å². The van der Waals surface area contributed by atoms with Gasteiger partial charge < -0.3 is 5.11 Å². The molecule has 0 bridgehead atoms. The van der Waals surface area contributed by atoms with Crippen LogP contribution in [-0.2, 0) is 0 Å². The zero-order chi connectivity index (χ0) is 8.43. The Balaban J connectivity index is 3.43. The highest BCUT2D eigenvalue weighted by molar-refractivity contribution is 5.67. The van der Waals surface area contributed by atoms with Crippen LogP contribution >= 0.6 is 0 Å². The molecular formula is C5H4N2O4. The van der Waals surface area contributed by atoms with Gasteiger partial charge in [-0.15, -0.1) is 0 Å². The lowest BCUT2D eigenvalue weighted by molar-refractivity contribution is 0.195. The largest absolute Gasteiger partial charge is 0.464 e. The number of carboxylic acid groups (broad SMARTS) is 1. The van der Waals surface area contributed by atoms with E-state index in [2.05, 4.69) is 0 Å². The molecule has 0 saturated carbocycles. The second kappa shape index (κ2) is 2.41. The van der Waals surface area contributed by atoms with Gasteiger partial charge in [0.1, 0.15) is 0 Å². The maximum absolute atomic E-state index is 10.6. The van der Waals surface area contributed by atoms with Crippen molar-refractivity contribution in [3.8, 4) is 0 Å². The molecule has 1 aromatic heterocycles. The molecule has 0 unspecified atom stereocenters. The van der Waals surface area contributed by atoms with Crippen molar-refractivity contribution >= 4 is 6.09 Å². The van der Waals surface area contributed by atoms with Crippen molar-refractivity contribution in [3.05, 3.63) is 33.1 Å². The molecule has 0 aliphatic rings. The van der Waals surface area contributed by atoms with Crippen LogP contribution in [0.15, 0.2) is 21.9 Å². The molecule has 0 aliphatic heterocycles. The van der Waals surface area contributed by atoms with E-state index in [0.29, 0.717) is 4.57 Å². The number of nitrogens with zero attached hydrogens (tertiary/aromatic N) is 1. The van der Waals surface area contributed by atoms with Crippen LogP contribution < -0.4 is 11.2 Å². The van der Waals surface area contributed by atoms with Crippen molar-refractivity contribution in [1.29, 1.82) is 0 Å². The Labute approximate surface area is 59.7 Å². The van der Waals surface area contributed by atoms with Gasteiger partial charge in [-0.3, -0.25) is 9.78 Å². The molecule has 11 heavy (non-hydrogen) atoms. The maximum Gasteiger partial charge on any atom is 0.419 e. The normalized spacial score (nSPS) is 9.45. The number of carbonyl (C=O) groups is 1. The first-order chi connectivity index (χ1) is 5.11. The summed E-state index contributed by atoms with van der Waals surface area (Å²) in [7, 11) is 0. The van der Waals surface area contributed by atoms with Crippen LogP contribution in [0.5, 0.6) is 0 Å². The summed E-state index contributed by atoms with van der Waals surface area (Å²) in [4.78, 5) is 33.0. The minimum absolute atomic E-state index is 0.376. The standard InChI is InChI=1S/C5H4N2O4/c8-3-1-2-7(5(10)11)4(9)6-3/h1-2H,(H,10,11)(H,6,8,9). The smallest absolute Gasteiger partial charge is 0.419 e. The number of H-pyrrole nitrogens is 1. The molecular weight excluding hydrogens is 152 g/mol. The molecule has 0 amide bonds. The van der Waals surface area contributed by atoms with E-state index in [1.54, 1.807) is 4.98 Å². The number of rotatable bonds is 0. The van der Waals surface area contributed by atoms with Crippen molar-refractivity contribution in [2.45, 2.75) is 0 Å². The van der Waals surface area contributed by atoms with Crippen LogP contribution in [-0.4, -0.2) is 20.8 Å². The molecule has 6 heteroatoms. The summed E-state index contributed by atoms with van der Waals surface area (Å²) < 4.78 is 0.376. The fourth-order valence-corrected chi connectivity index (χ4v) is 0.568. The summed E-state index contributed by atoms with van der Waals surface area (Å²) in [6.07, 6.45) is -0.532. The van der Waals surface area contributed by atoms with Crippen molar-refractivity contribution in [2.75, 3.05) is 0 Å². The van der Waals surface area contributed by atoms with Crippen LogP contribution in [0.2, 0.25) is 0 Å². The first-order valence-corrected chi connectivity index (χ1v) is 2.66. The van der Waals surface area contributed by atoms with Gasteiger partial charge in [0.2, 0.25) is 0 Å². The number of aromatic nitrogens is 2. The summed E-state index contributed by atoms with van der Waals surface area (Å²) >= 11 is 0. The highest BCUT2D eigenvalue weighted by Crippen LogP contribution is 1.72. The summed E-state index contributed by atoms with van der Waals surface area (Å²) in [5.74, 6) is 0. The Morgan fingerprint density at radius 1 is 1.55 bits per heavy atom. The zero-order valence-corrected chi connectivity index (χ0v) is 5.27. The second-order valence-corrected chi connectivity index (χ2v) is 1.76. The van der Waals surface area contributed by atoms with E-state index in [1.807, 2.05) is 0 Å². The van der Waals surface area contributed by atoms with E-state index in [9.17, 15) is 14.4 Å². The molecule has 0 aliphatic carbocycles. The van der Waals surface area contributed by atoms with Crippen LogP contribution in [0.1, 0.15) is 0 Å². The van der Waals surface area contributed by atoms with Crippen molar-refractivity contribution in [3.63, 3.8) is 0 Å². The first kappa shape index (κ1) is 7.26. The summed E-state index contributed by atoms with van der Waals surface area (Å²) in [5.41, 5.74) is -1.57. The van der Waals surface area contributed by atoms with Crippen molar-refractivity contribution in [2.24, 2.45) is 0 Å². The number of aromatic amines is 1. The lowest BCUT2D eigenvalue weighted by Gasteiger charge is -1.93. The Kier molecular flexibility index (Phi) is 1.59. The SMILES string of the molecule is O=C(O)n1ccc(=O)[nH]c1=O. The predicted molar refractivity (Wildman–Crippen MR) is 34.7 cm³/mol. The zero-order valence-electron chi connectivity index (χ0n) is 5.27. The van der Waals surface area contributed by atoms with Gasteiger partial charge in [0.05, 0.1) is 0 Å². The summed E-state index contributed by atoms with van der Waals surface area (Å²) in [5, 5.41) is 8.30. The van der Waals surface area contributed by atoms with E-state index in [-0.39, 0.29) is 0 Å². The molecule has 0 atom stereocenters. The van der Waals surface area contributed by atoms with Gasteiger partial charge in [0.25, 0.3) is 5.56 Å². The van der Waals surface area contributed by atoms with Gasteiger partial charge >= 0.3 is 11.8 Å². The minimum Gasteiger partial charge on any atom is -0.464 e. The lowest BCUT2D eigenvalue weighted by atomic mass is 10.6. The fraction of sp³-hybridized carbons (Fsp3) is 0. The molecule has 1 aromatic rings. The van der Waals surface area contributed by atoms with E-state index in [0.717, 1.165) is 12.3 Å². The Morgan fingerprint density at radius 3 is 2.64 bits per heavy atom. The minimum atomic E-state index is -1.42. The predicted octanol–water partition coefficient (Wildman–Crippen LogP) is -0.937. The third-order valence-corrected chi connectivity index (χ3v) is 1.03. The molecule has 0 aromatic carbocycles. The monoisotopic (exact) mass is 156 g/mol. The maximum atomic E-state index is 10.6. The molecule has 58 valence electrons. The quantitative estimate of drug-likeness (QED) is 0.507. The van der Waals surface area contributed by atoms with Crippen molar-refractivity contribution in [1.82, 2.24) is 9.55 Å². The molecule has 1 rings (SSSR count). The second-order valence-electron chi connectivity index (χ2n) is 1.76. The van der Waals surface area contributed by atoms with Crippen molar-refractivity contribution < 1.29 is 9.90 Å². The molecule has 1 heterocycles. The summed E-state index contributed by atoms with van der Waals surface area (Å²) in [6, 6.07) is 0.954. The van der Waals surface area contributed by atoms with Crippen LogP contribution in [0.25, 0.3) is 0 Å². The highest BCUT2D eigenvalue weighted by Gasteiger charge is 2.01. The van der Waals surface area contributed by atoms with Gasteiger partial charge in [0.15, 0.2) is 0 Å². The third kappa shape index (κ3) is 1.34. The molecule has 0 fully saturated rings. The van der Waals surface area contributed by atoms with Gasteiger partial charge in [-0.2, -0.15) is 0 Å². The lowest BCUT2D eigenvalue weighted by Crippen LogP contribution is -2.32. The van der Waals surface area contributed by atoms with Gasteiger partial charge in [-0.25, -0.2) is 14.2 Å². The highest BCUT2D eigenvalue weighted by atomic mass is 16.4. The first-order valence-electron chi connectivity index (χ1n) is 2.66. The topological polar surface area (TPSA) is 92.2 Å². The van der Waals surface area contributed by atoms with Crippen LogP contribution in [0.3, 0.4) is 0 Å². The van der Waals surface area contributed by atoms with E-state index in [4.69, 9.17) is 5.11 Å². The summed E-state index contributed by atoms with van der Waals surface area (Å²) in [6.45, 7) is 0. The average molecular weight is 156 g/mol. The molecule has 0 spiro atoms. The van der Waals surface area contributed by atoms with E-state index >= 15 is 0 Å². The number of hydrogen-bond acceptors (Lipinski definition) is 3. The molecule has 0 radical (unpaired) electrons. The Bertz CT molecular complexity index is 388. The number of nitrogens with one attached hydrogen (secondary N) is 1. The third-order valence-electron chi connectivity index (χ3n) is 1.03. The molecule has 6 nitrogen and oxygen atoms in total. The van der Waals surface area contributed by atoms with Crippen LogP contribution in [0, 0.1) is 0 Å². The molecule has 2 N–H and O–H groups in total. The van der Waals surface area contributed by atoms with Gasteiger partial charge in [0, 0.05) is 12.3 Å². The van der Waals surface area contributed by atoms with Crippen LogP contribution in [0.4, 0.5) is 4.79 Å². The van der Waals surface area contributed by atoms with Gasteiger partial charge in [-0.1, -0.05) is 0 Å². The average Bonchev–Trinajstić information content (AvgIpc) is 1.85. The molecule has 0 saturated heterocycles.